The zero-order valence-corrected chi connectivity index (χ0v) is 26.7. The summed E-state index contributed by atoms with van der Waals surface area (Å²) in [7, 11) is 0. The van der Waals surface area contributed by atoms with E-state index in [1.165, 1.54) is 53.1 Å². The van der Waals surface area contributed by atoms with Crippen molar-refractivity contribution in [2.24, 2.45) is 0 Å². The van der Waals surface area contributed by atoms with Gasteiger partial charge >= 0.3 is 0 Å². The minimum Gasteiger partial charge on any atom is -0.307 e. The van der Waals surface area contributed by atoms with Crippen molar-refractivity contribution in [2.75, 3.05) is 0 Å². The summed E-state index contributed by atoms with van der Waals surface area (Å²) in [6, 6.07) is 53.7. The molecule has 0 spiro atoms. The zero-order valence-electron chi connectivity index (χ0n) is 25.1. The summed E-state index contributed by atoms with van der Waals surface area (Å²) in [6.45, 7) is 0. The number of rotatable bonds is 3. The van der Waals surface area contributed by atoms with E-state index in [1.807, 2.05) is 35.6 Å². The monoisotopic (exact) mass is 635 g/mol. The number of benzene rings is 7. The Balaban J connectivity index is 1.28. The van der Waals surface area contributed by atoms with Crippen LogP contribution in [0.2, 0.25) is 0 Å². The highest BCUT2D eigenvalue weighted by atomic mass is 32.1. The topological polar surface area (TPSA) is 22.0 Å². The largest absolute Gasteiger partial charge is 0.307 e. The number of fused-ring (bicyclic) bond motifs is 9. The number of hydrogen-bond donors (Lipinski definition) is 0. The van der Waals surface area contributed by atoms with E-state index in [0.29, 0.717) is 0 Å². The van der Waals surface area contributed by atoms with Crippen molar-refractivity contribution in [1.29, 1.82) is 0 Å². The normalized spacial score (nSPS) is 11.9. The van der Waals surface area contributed by atoms with Gasteiger partial charge in [-0.05, 0) is 59.2 Å². The van der Waals surface area contributed by atoms with Crippen molar-refractivity contribution < 1.29 is 0 Å². The van der Waals surface area contributed by atoms with Crippen LogP contribution in [0.4, 0.5) is 0 Å². The molecular weight excluding hydrogens is 611 g/mol. The second-order valence-corrected chi connectivity index (χ2v) is 14.2. The lowest BCUT2D eigenvalue weighted by Crippen LogP contribution is -2.01. The smallest absolute Gasteiger partial charge is 0.195 e. The Hall–Kier alpha value is -5.55. The van der Waals surface area contributed by atoms with Crippen LogP contribution in [0.25, 0.3) is 90.1 Å². The Morgan fingerprint density at radius 3 is 1.91 bits per heavy atom. The van der Waals surface area contributed by atoms with Gasteiger partial charge in [0, 0.05) is 57.7 Å². The number of hydrogen-bond acceptors (Lipinski definition) is 3. The first-order valence-electron chi connectivity index (χ1n) is 15.7. The van der Waals surface area contributed by atoms with Crippen molar-refractivity contribution in [3.05, 3.63) is 162 Å². The maximum absolute atomic E-state index is 13.6. The number of thiophene rings is 1. The van der Waals surface area contributed by atoms with Crippen LogP contribution in [0, 0.1) is 0 Å². The third kappa shape index (κ3) is 3.99. The summed E-state index contributed by atoms with van der Waals surface area (Å²) < 4.78 is 7.09. The molecule has 0 unspecified atom stereocenters. The van der Waals surface area contributed by atoms with Crippen molar-refractivity contribution in [1.82, 2.24) is 4.57 Å². The molecule has 3 heterocycles. The molecule has 0 aliphatic heterocycles. The van der Waals surface area contributed by atoms with Crippen LogP contribution in [0.15, 0.2) is 156 Å². The Bertz CT molecular complexity index is 2930. The van der Waals surface area contributed by atoms with Crippen LogP contribution in [0.1, 0.15) is 0 Å². The standard InChI is InChI=1S/C43H25NOS2/c45-42-35-15-5-7-19-38(35)46-39-23-20-28(25-36(39)42)27-12-8-13-29(24-27)44-40-30(26-10-2-1-3-11-26)16-9-17-32(40)33-21-22-34-31-14-4-6-18-37(31)47-43(34)41(33)44/h1-25H. The van der Waals surface area contributed by atoms with Gasteiger partial charge in [0.1, 0.15) is 0 Å². The van der Waals surface area contributed by atoms with Crippen LogP contribution in [-0.2, 0) is 0 Å². The average Bonchev–Trinajstić information content (AvgIpc) is 3.68. The average molecular weight is 636 g/mol. The molecule has 0 aliphatic carbocycles. The third-order valence-electron chi connectivity index (χ3n) is 9.39. The summed E-state index contributed by atoms with van der Waals surface area (Å²) >= 11 is 3.54. The molecule has 0 aliphatic rings. The van der Waals surface area contributed by atoms with E-state index in [2.05, 4.69) is 132 Å². The van der Waals surface area contributed by atoms with Gasteiger partial charge in [-0.2, -0.15) is 0 Å². The summed E-state index contributed by atoms with van der Waals surface area (Å²) in [5, 5.41) is 6.61. The van der Waals surface area contributed by atoms with Gasteiger partial charge in [-0.25, -0.2) is 0 Å². The van der Waals surface area contributed by atoms with E-state index in [-0.39, 0.29) is 5.43 Å². The highest BCUT2D eigenvalue weighted by Gasteiger charge is 2.20. The second kappa shape index (κ2) is 10.2. The molecule has 0 saturated carbocycles. The minimum atomic E-state index is 0.0920. The van der Waals surface area contributed by atoms with Crippen LogP contribution < -0.4 is 5.43 Å². The van der Waals surface area contributed by atoms with Gasteiger partial charge in [-0.3, -0.25) is 4.79 Å². The van der Waals surface area contributed by atoms with Gasteiger partial charge in [0.2, 0.25) is 0 Å². The van der Waals surface area contributed by atoms with Gasteiger partial charge in [0.25, 0.3) is 0 Å². The predicted octanol–water partition coefficient (Wildman–Crippen LogP) is 12.2. The molecule has 0 fully saturated rings. The van der Waals surface area contributed by atoms with E-state index in [4.69, 9.17) is 0 Å². The molecule has 4 heteroatoms. The van der Waals surface area contributed by atoms with E-state index in [0.717, 1.165) is 37.0 Å². The molecule has 0 saturated heterocycles. The quantitative estimate of drug-likeness (QED) is 0.177. The van der Waals surface area contributed by atoms with E-state index >= 15 is 0 Å². The van der Waals surface area contributed by atoms with Crippen molar-refractivity contribution in [2.45, 2.75) is 0 Å². The predicted molar refractivity (Wildman–Crippen MR) is 204 cm³/mol. The van der Waals surface area contributed by atoms with Gasteiger partial charge in [0.15, 0.2) is 5.43 Å². The molecule has 0 N–H and O–H groups in total. The molecule has 220 valence electrons. The van der Waals surface area contributed by atoms with Crippen LogP contribution >= 0.6 is 22.7 Å². The first-order valence-corrected chi connectivity index (χ1v) is 17.4. The Kier molecular flexibility index (Phi) is 5.80. The molecule has 10 rings (SSSR count). The number of para-hydroxylation sites is 1. The molecule has 2 nitrogen and oxygen atoms in total. The number of aromatic nitrogens is 1. The highest BCUT2D eigenvalue weighted by Crippen LogP contribution is 2.45. The Morgan fingerprint density at radius 1 is 0.404 bits per heavy atom. The number of nitrogens with zero attached hydrogens (tertiary/aromatic N) is 1. The van der Waals surface area contributed by atoms with Crippen molar-refractivity contribution >= 4 is 84.8 Å². The Labute approximate surface area is 278 Å². The molecule has 0 atom stereocenters. The van der Waals surface area contributed by atoms with Crippen LogP contribution in [0.5, 0.6) is 0 Å². The molecule has 3 aromatic heterocycles. The first-order chi connectivity index (χ1) is 23.2. The van der Waals surface area contributed by atoms with E-state index in [1.54, 1.807) is 11.3 Å². The van der Waals surface area contributed by atoms with E-state index in [9.17, 15) is 4.79 Å². The van der Waals surface area contributed by atoms with Crippen LogP contribution in [-0.4, -0.2) is 4.57 Å². The molecule has 0 bridgehead atoms. The highest BCUT2D eigenvalue weighted by molar-refractivity contribution is 7.26. The first kappa shape index (κ1) is 26.6. The fraction of sp³-hybridized carbons (Fsp3) is 0. The van der Waals surface area contributed by atoms with E-state index < -0.39 is 0 Å². The fourth-order valence-corrected chi connectivity index (χ4v) is 9.54. The summed E-state index contributed by atoms with van der Waals surface area (Å²) in [4.78, 5) is 13.6. The lowest BCUT2D eigenvalue weighted by atomic mass is 10.0. The molecular formula is C43H25NOS2. The van der Waals surface area contributed by atoms with Crippen molar-refractivity contribution in [3.63, 3.8) is 0 Å². The molecule has 7 aromatic carbocycles. The molecule has 0 radical (unpaired) electrons. The minimum absolute atomic E-state index is 0.0920. The zero-order chi connectivity index (χ0) is 31.1. The van der Waals surface area contributed by atoms with Gasteiger partial charge in [-0.1, -0.05) is 109 Å². The molecule has 0 amide bonds. The van der Waals surface area contributed by atoms with Gasteiger partial charge in [-0.15, -0.1) is 22.7 Å². The van der Waals surface area contributed by atoms with Crippen molar-refractivity contribution in [3.8, 4) is 27.9 Å². The summed E-state index contributed by atoms with van der Waals surface area (Å²) in [5.74, 6) is 0. The molecule has 10 aromatic rings. The van der Waals surface area contributed by atoms with Crippen LogP contribution in [0.3, 0.4) is 0 Å². The lowest BCUT2D eigenvalue weighted by molar-refractivity contribution is 1.19. The third-order valence-corrected chi connectivity index (χ3v) is 11.7. The summed E-state index contributed by atoms with van der Waals surface area (Å²) in [6.07, 6.45) is 0. The van der Waals surface area contributed by atoms with Gasteiger partial charge < -0.3 is 4.57 Å². The maximum atomic E-state index is 13.6. The summed E-state index contributed by atoms with van der Waals surface area (Å²) in [5.41, 5.74) is 8.13. The SMILES string of the molecule is O=c1c2ccccc2sc2ccc(-c3cccc(-n4c5c(-c6ccccc6)cccc5c5ccc6c7ccccc7sc6c54)c3)cc12. The second-order valence-electron chi connectivity index (χ2n) is 12.0. The Morgan fingerprint density at radius 2 is 1.04 bits per heavy atom. The molecule has 47 heavy (non-hydrogen) atoms. The van der Waals surface area contributed by atoms with Gasteiger partial charge in [0.05, 0.1) is 15.7 Å². The lowest BCUT2D eigenvalue weighted by Gasteiger charge is -2.14. The fourth-order valence-electron chi connectivity index (χ4n) is 7.24. The maximum Gasteiger partial charge on any atom is 0.195 e.